The molecule has 1 saturated heterocycles. The first-order valence-electron chi connectivity index (χ1n) is 10.2. The molecule has 0 spiro atoms. The summed E-state index contributed by atoms with van der Waals surface area (Å²) in [6.07, 6.45) is 1.52. The molecular formula is C24H24ClN3O3. The number of benzene rings is 2. The third-order valence-electron chi connectivity index (χ3n) is 5.43. The summed E-state index contributed by atoms with van der Waals surface area (Å²) < 4.78 is 5.21. The lowest BCUT2D eigenvalue weighted by Gasteiger charge is -2.34. The first-order valence-corrected chi connectivity index (χ1v) is 10.6. The van der Waals surface area contributed by atoms with E-state index in [4.69, 9.17) is 16.0 Å². The van der Waals surface area contributed by atoms with Crippen molar-refractivity contribution in [3.8, 4) is 0 Å². The molecule has 31 heavy (non-hydrogen) atoms. The molecule has 2 heterocycles. The molecule has 2 amide bonds. The first kappa shape index (κ1) is 21.2. The second-order valence-electron chi connectivity index (χ2n) is 7.66. The molecule has 6 nitrogen and oxygen atoms in total. The van der Waals surface area contributed by atoms with Crippen LogP contribution in [0.4, 0.5) is 5.69 Å². The molecule has 0 bridgehead atoms. The molecule has 1 aliphatic heterocycles. The number of rotatable bonds is 5. The number of carbonyl (C=O) groups excluding carboxylic acids is 2. The Labute approximate surface area is 186 Å². The maximum absolute atomic E-state index is 12.5. The van der Waals surface area contributed by atoms with Gasteiger partial charge in [-0.2, -0.15) is 0 Å². The molecule has 7 heteroatoms. The fraction of sp³-hybridized carbons (Fsp3) is 0.250. The maximum Gasteiger partial charge on any atom is 0.289 e. The third kappa shape index (κ3) is 5.16. The molecule has 1 aromatic heterocycles. The van der Waals surface area contributed by atoms with Crippen LogP contribution in [0.15, 0.2) is 65.3 Å². The monoisotopic (exact) mass is 437 g/mol. The van der Waals surface area contributed by atoms with Crippen molar-refractivity contribution >= 4 is 29.1 Å². The second-order valence-corrected chi connectivity index (χ2v) is 8.07. The van der Waals surface area contributed by atoms with Crippen LogP contribution >= 0.6 is 11.6 Å². The molecule has 0 radical (unpaired) electrons. The highest BCUT2D eigenvalue weighted by Crippen LogP contribution is 2.20. The van der Waals surface area contributed by atoms with Gasteiger partial charge in [0, 0.05) is 49.0 Å². The Hall–Kier alpha value is -3.09. The molecule has 2 aromatic carbocycles. The minimum atomic E-state index is -0.154. The molecule has 1 fully saturated rings. The maximum atomic E-state index is 12.5. The van der Waals surface area contributed by atoms with Crippen molar-refractivity contribution < 1.29 is 14.0 Å². The first-order chi connectivity index (χ1) is 15.0. The van der Waals surface area contributed by atoms with E-state index in [0.717, 1.165) is 36.4 Å². The highest BCUT2D eigenvalue weighted by molar-refractivity contribution is 6.31. The van der Waals surface area contributed by atoms with Crippen LogP contribution in [-0.4, -0.2) is 47.8 Å². The summed E-state index contributed by atoms with van der Waals surface area (Å²) >= 11 is 6.04. The van der Waals surface area contributed by atoms with Crippen molar-refractivity contribution in [2.75, 3.05) is 31.5 Å². The topological polar surface area (TPSA) is 65.8 Å². The van der Waals surface area contributed by atoms with E-state index in [1.165, 1.54) is 6.26 Å². The van der Waals surface area contributed by atoms with Crippen molar-refractivity contribution in [1.29, 1.82) is 0 Å². The zero-order valence-corrected chi connectivity index (χ0v) is 18.1. The van der Waals surface area contributed by atoms with Gasteiger partial charge >= 0.3 is 0 Å². The lowest BCUT2D eigenvalue weighted by molar-refractivity contribution is 0.0598. The largest absolute Gasteiger partial charge is 0.459 e. The van der Waals surface area contributed by atoms with Crippen molar-refractivity contribution in [1.82, 2.24) is 9.80 Å². The summed E-state index contributed by atoms with van der Waals surface area (Å²) in [5.41, 5.74) is 3.37. The highest BCUT2D eigenvalue weighted by Gasteiger charge is 2.23. The average molecular weight is 438 g/mol. The normalized spacial score (nSPS) is 14.5. The number of nitrogens with one attached hydrogen (secondary N) is 1. The van der Waals surface area contributed by atoms with E-state index >= 15 is 0 Å². The van der Waals surface area contributed by atoms with E-state index in [9.17, 15) is 9.59 Å². The Balaban J connectivity index is 1.29. The van der Waals surface area contributed by atoms with Crippen molar-refractivity contribution in [3.05, 3.63) is 88.3 Å². The predicted molar refractivity (Wildman–Crippen MR) is 120 cm³/mol. The van der Waals surface area contributed by atoms with Crippen LogP contribution in [0.25, 0.3) is 0 Å². The van der Waals surface area contributed by atoms with Gasteiger partial charge in [-0.05, 0) is 60.5 Å². The molecule has 4 rings (SSSR count). The Morgan fingerprint density at radius 3 is 2.42 bits per heavy atom. The van der Waals surface area contributed by atoms with Crippen LogP contribution in [0.1, 0.15) is 32.0 Å². The summed E-state index contributed by atoms with van der Waals surface area (Å²) in [5, 5.41) is 3.58. The van der Waals surface area contributed by atoms with Crippen LogP contribution in [0.2, 0.25) is 5.02 Å². The van der Waals surface area contributed by atoms with Gasteiger partial charge in [-0.1, -0.05) is 23.7 Å². The molecule has 1 aliphatic rings. The van der Waals surface area contributed by atoms with Crippen molar-refractivity contribution in [3.63, 3.8) is 0 Å². The van der Waals surface area contributed by atoms with Crippen LogP contribution in [0.5, 0.6) is 0 Å². The van der Waals surface area contributed by atoms with Crippen LogP contribution in [-0.2, 0) is 6.54 Å². The quantitative estimate of drug-likeness (QED) is 0.640. The van der Waals surface area contributed by atoms with Gasteiger partial charge in [-0.3, -0.25) is 14.5 Å². The van der Waals surface area contributed by atoms with Gasteiger partial charge < -0.3 is 14.6 Å². The van der Waals surface area contributed by atoms with E-state index in [0.29, 0.717) is 29.4 Å². The van der Waals surface area contributed by atoms with E-state index in [1.54, 1.807) is 24.3 Å². The van der Waals surface area contributed by atoms with E-state index in [1.807, 2.05) is 42.2 Å². The SMILES string of the molecule is Cc1cc(NC(=O)c2ccc(CN3CCN(C(=O)c4ccco4)CC3)cc2)ccc1Cl. The number of carbonyl (C=O) groups is 2. The van der Waals surface area contributed by atoms with Gasteiger partial charge in [0.2, 0.25) is 0 Å². The van der Waals surface area contributed by atoms with E-state index in [2.05, 4.69) is 10.2 Å². The Bertz CT molecular complexity index is 1060. The fourth-order valence-electron chi connectivity index (χ4n) is 3.61. The lowest BCUT2D eigenvalue weighted by atomic mass is 10.1. The Morgan fingerprint density at radius 1 is 1.03 bits per heavy atom. The van der Waals surface area contributed by atoms with Gasteiger partial charge in [0.25, 0.3) is 11.8 Å². The number of piperazine rings is 1. The smallest absolute Gasteiger partial charge is 0.289 e. The summed E-state index contributed by atoms with van der Waals surface area (Å²) in [7, 11) is 0. The summed E-state index contributed by atoms with van der Waals surface area (Å²) in [6, 6.07) is 16.5. The van der Waals surface area contributed by atoms with Crippen LogP contribution in [0, 0.1) is 6.92 Å². The van der Waals surface area contributed by atoms with Gasteiger partial charge in [-0.15, -0.1) is 0 Å². The van der Waals surface area contributed by atoms with Crippen LogP contribution in [0.3, 0.4) is 0 Å². The number of amides is 2. The predicted octanol–water partition coefficient (Wildman–Crippen LogP) is 4.45. The molecule has 3 aromatic rings. The van der Waals surface area contributed by atoms with Gasteiger partial charge in [-0.25, -0.2) is 0 Å². The Kier molecular flexibility index (Phi) is 6.39. The molecule has 0 unspecified atom stereocenters. The average Bonchev–Trinajstić information content (AvgIpc) is 3.32. The summed E-state index contributed by atoms with van der Waals surface area (Å²) in [6.45, 7) is 5.61. The lowest BCUT2D eigenvalue weighted by Crippen LogP contribution is -2.48. The van der Waals surface area contributed by atoms with Gasteiger partial charge in [0.15, 0.2) is 5.76 Å². The summed E-state index contributed by atoms with van der Waals surface area (Å²) in [5.74, 6) is 0.172. The number of hydrogen-bond donors (Lipinski definition) is 1. The molecule has 0 aliphatic carbocycles. The van der Waals surface area contributed by atoms with Gasteiger partial charge in [0.1, 0.15) is 0 Å². The van der Waals surface area contributed by atoms with Crippen molar-refractivity contribution in [2.45, 2.75) is 13.5 Å². The molecule has 0 atom stereocenters. The van der Waals surface area contributed by atoms with E-state index < -0.39 is 0 Å². The number of nitrogens with zero attached hydrogens (tertiary/aromatic N) is 2. The Morgan fingerprint density at radius 2 is 1.77 bits per heavy atom. The minimum absolute atomic E-state index is 0.0594. The number of aryl methyl sites for hydroxylation is 1. The zero-order chi connectivity index (χ0) is 21.8. The number of furan rings is 1. The number of halogens is 1. The highest BCUT2D eigenvalue weighted by atomic mass is 35.5. The number of hydrogen-bond acceptors (Lipinski definition) is 4. The van der Waals surface area contributed by atoms with Gasteiger partial charge in [0.05, 0.1) is 6.26 Å². The second kappa shape index (κ2) is 9.37. The van der Waals surface area contributed by atoms with E-state index in [-0.39, 0.29) is 11.8 Å². The van der Waals surface area contributed by atoms with Crippen LogP contribution < -0.4 is 5.32 Å². The molecule has 160 valence electrons. The molecular weight excluding hydrogens is 414 g/mol. The number of anilines is 1. The fourth-order valence-corrected chi connectivity index (χ4v) is 3.73. The molecule has 0 saturated carbocycles. The van der Waals surface area contributed by atoms with Crippen molar-refractivity contribution in [2.24, 2.45) is 0 Å². The molecule has 1 N–H and O–H groups in total. The minimum Gasteiger partial charge on any atom is -0.459 e. The third-order valence-corrected chi connectivity index (χ3v) is 5.85. The standard InChI is InChI=1S/C24H24ClN3O3/c1-17-15-20(8-9-21(17)25)26-23(29)19-6-4-18(5-7-19)16-27-10-12-28(13-11-27)24(30)22-3-2-14-31-22/h2-9,14-15H,10-13,16H2,1H3,(H,26,29). The summed E-state index contributed by atoms with van der Waals surface area (Å²) in [4.78, 5) is 29.0. The zero-order valence-electron chi connectivity index (χ0n) is 17.3.